The average molecular weight is 554 g/mol. The van der Waals surface area contributed by atoms with Crippen LogP contribution in [0, 0.1) is 18.7 Å². The second kappa shape index (κ2) is 13.4. The highest BCUT2D eigenvalue weighted by molar-refractivity contribution is 7.92. The summed E-state index contributed by atoms with van der Waals surface area (Å²) in [5, 5.41) is 2.91. The zero-order chi connectivity index (χ0) is 28.6. The number of carbonyl (C=O) groups is 2. The van der Waals surface area contributed by atoms with Crippen LogP contribution in [0.25, 0.3) is 0 Å². The van der Waals surface area contributed by atoms with Gasteiger partial charge in [-0.2, -0.15) is 0 Å². The summed E-state index contributed by atoms with van der Waals surface area (Å²) in [5.41, 5.74) is 1.95. The Bertz CT molecular complexity index is 1360. The molecule has 0 radical (unpaired) electrons. The van der Waals surface area contributed by atoms with Crippen molar-refractivity contribution in [3.05, 3.63) is 95.8 Å². The van der Waals surface area contributed by atoms with E-state index in [-0.39, 0.29) is 29.0 Å². The summed E-state index contributed by atoms with van der Waals surface area (Å²) in [6.07, 6.45) is 0.337. The van der Waals surface area contributed by atoms with Crippen molar-refractivity contribution in [3.63, 3.8) is 0 Å². The highest BCUT2D eigenvalue weighted by atomic mass is 32.2. The molecule has 3 aromatic carbocycles. The number of halogens is 1. The highest BCUT2D eigenvalue weighted by Gasteiger charge is 2.33. The summed E-state index contributed by atoms with van der Waals surface area (Å²) < 4.78 is 42.1. The van der Waals surface area contributed by atoms with Gasteiger partial charge in [-0.25, -0.2) is 12.8 Å². The topological polar surface area (TPSA) is 86.8 Å². The zero-order valence-electron chi connectivity index (χ0n) is 22.8. The Morgan fingerprint density at radius 3 is 2.21 bits per heavy atom. The number of hydrogen-bond donors (Lipinski definition) is 1. The Kier molecular flexibility index (Phi) is 10.2. The molecule has 0 aliphatic carbocycles. The standard InChI is InChI=1S/C30H36FN3O4S/c1-5-28(30(36)32-19-22(2)3)33(20-24-11-9-10-23(4)18-24)29(35)21-34(26-16-14-25(31)15-17-26)39(37,38)27-12-7-6-8-13-27/h6-18,22,28H,5,19-21H2,1-4H3,(H,32,36)/t28-/m0/s1. The van der Waals surface area contributed by atoms with Crippen LogP contribution in [0.5, 0.6) is 0 Å². The molecule has 0 saturated carbocycles. The van der Waals surface area contributed by atoms with Gasteiger partial charge >= 0.3 is 0 Å². The molecular weight excluding hydrogens is 517 g/mol. The van der Waals surface area contributed by atoms with Crippen LogP contribution in [0.2, 0.25) is 0 Å². The van der Waals surface area contributed by atoms with Crippen LogP contribution in [-0.4, -0.2) is 44.3 Å². The van der Waals surface area contributed by atoms with Gasteiger partial charge in [0.2, 0.25) is 11.8 Å². The predicted molar refractivity (Wildman–Crippen MR) is 151 cm³/mol. The first-order valence-electron chi connectivity index (χ1n) is 13.0. The van der Waals surface area contributed by atoms with Crippen LogP contribution in [0.15, 0.2) is 83.8 Å². The molecule has 0 spiro atoms. The fourth-order valence-electron chi connectivity index (χ4n) is 4.21. The normalized spacial score (nSPS) is 12.2. The van der Waals surface area contributed by atoms with Gasteiger partial charge in [-0.15, -0.1) is 0 Å². The second-order valence-corrected chi connectivity index (χ2v) is 11.7. The number of benzene rings is 3. The van der Waals surface area contributed by atoms with Crippen molar-refractivity contribution in [3.8, 4) is 0 Å². The largest absolute Gasteiger partial charge is 0.354 e. The number of nitrogens with one attached hydrogen (secondary N) is 1. The molecule has 0 aromatic heterocycles. The lowest BCUT2D eigenvalue weighted by atomic mass is 10.1. The molecule has 0 aliphatic heterocycles. The van der Waals surface area contributed by atoms with Crippen molar-refractivity contribution in [1.82, 2.24) is 10.2 Å². The first-order chi connectivity index (χ1) is 18.5. The van der Waals surface area contributed by atoms with Gasteiger partial charge in [0.25, 0.3) is 10.0 Å². The molecule has 9 heteroatoms. The molecule has 0 saturated heterocycles. The number of sulfonamides is 1. The van der Waals surface area contributed by atoms with E-state index >= 15 is 0 Å². The second-order valence-electron chi connectivity index (χ2n) is 9.87. The van der Waals surface area contributed by atoms with E-state index in [2.05, 4.69) is 5.32 Å². The lowest BCUT2D eigenvalue weighted by Gasteiger charge is -2.33. The molecule has 7 nitrogen and oxygen atoms in total. The number of rotatable bonds is 12. The van der Waals surface area contributed by atoms with Gasteiger partial charge < -0.3 is 10.2 Å². The quantitative estimate of drug-likeness (QED) is 0.345. The Labute approximate surface area is 230 Å². The number of hydrogen-bond acceptors (Lipinski definition) is 4. The minimum Gasteiger partial charge on any atom is -0.354 e. The Morgan fingerprint density at radius 1 is 0.949 bits per heavy atom. The first kappa shape index (κ1) is 29.8. The summed E-state index contributed by atoms with van der Waals surface area (Å²) in [6, 6.07) is 19.5. The van der Waals surface area contributed by atoms with Gasteiger partial charge in [0.1, 0.15) is 18.4 Å². The van der Waals surface area contributed by atoms with Crippen molar-refractivity contribution < 1.29 is 22.4 Å². The van der Waals surface area contributed by atoms with Crippen LogP contribution in [-0.2, 0) is 26.2 Å². The molecule has 3 rings (SSSR count). The van der Waals surface area contributed by atoms with Crippen LogP contribution >= 0.6 is 0 Å². The van der Waals surface area contributed by atoms with E-state index in [9.17, 15) is 22.4 Å². The van der Waals surface area contributed by atoms with Crippen molar-refractivity contribution in [2.45, 2.75) is 51.6 Å². The molecule has 3 aromatic rings. The minimum atomic E-state index is -4.19. The molecule has 39 heavy (non-hydrogen) atoms. The van der Waals surface area contributed by atoms with E-state index in [0.717, 1.165) is 27.6 Å². The molecule has 1 N–H and O–H groups in total. The summed E-state index contributed by atoms with van der Waals surface area (Å²) in [6.45, 7) is 7.71. The molecule has 1 atom stereocenters. The van der Waals surface area contributed by atoms with Crippen molar-refractivity contribution in [1.29, 1.82) is 0 Å². The fourth-order valence-corrected chi connectivity index (χ4v) is 5.64. The van der Waals surface area contributed by atoms with E-state index in [1.54, 1.807) is 18.2 Å². The number of nitrogens with zero attached hydrogens (tertiary/aromatic N) is 2. The van der Waals surface area contributed by atoms with Gasteiger partial charge in [0.05, 0.1) is 10.6 Å². The van der Waals surface area contributed by atoms with E-state index in [4.69, 9.17) is 0 Å². The average Bonchev–Trinajstić information content (AvgIpc) is 2.91. The van der Waals surface area contributed by atoms with Gasteiger partial charge in [-0.05, 0) is 61.2 Å². The van der Waals surface area contributed by atoms with Crippen LogP contribution in [0.4, 0.5) is 10.1 Å². The molecule has 0 fully saturated rings. The summed E-state index contributed by atoms with van der Waals surface area (Å²) >= 11 is 0. The fraction of sp³-hybridized carbons (Fsp3) is 0.333. The maximum atomic E-state index is 14.0. The first-order valence-corrected chi connectivity index (χ1v) is 14.4. The van der Waals surface area contributed by atoms with Crippen LogP contribution in [0.1, 0.15) is 38.3 Å². The molecule has 2 amide bonds. The van der Waals surface area contributed by atoms with E-state index in [1.165, 1.54) is 29.2 Å². The summed E-state index contributed by atoms with van der Waals surface area (Å²) in [4.78, 5) is 28.6. The number of amides is 2. The maximum Gasteiger partial charge on any atom is 0.264 e. The Hall–Kier alpha value is -3.72. The highest BCUT2D eigenvalue weighted by Crippen LogP contribution is 2.25. The van der Waals surface area contributed by atoms with Gasteiger partial charge in [0, 0.05) is 13.1 Å². The zero-order valence-corrected chi connectivity index (χ0v) is 23.6. The monoisotopic (exact) mass is 553 g/mol. The maximum absolute atomic E-state index is 14.0. The number of carbonyl (C=O) groups excluding carboxylic acids is 2. The molecule has 208 valence electrons. The van der Waals surface area contributed by atoms with Crippen LogP contribution in [0.3, 0.4) is 0 Å². The van der Waals surface area contributed by atoms with Gasteiger partial charge in [-0.3, -0.25) is 13.9 Å². The summed E-state index contributed by atoms with van der Waals surface area (Å²) in [7, 11) is -4.19. The van der Waals surface area contributed by atoms with E-state index < -0.39 is 34.3 Å². The third-order valence-electron chi connectivity index (χ3n) is 6.23. The number of aryl methyl sites for hydroxylation is 1. The van der Waals surface area contributed by atoms with Crippen molar-refractivity contribution >= 4 is 27.5 Å². The molecule has 0 aliphatic rings. The van der Waals surface area contributed by atoms with Gasteiger partial charge in [0.15, 0.2) is 0 Å². The predicted octanol–water partition coefficient (Wildman–Crippen LogP) is 4.91. The number of anilines is 1. The lowest BCUT2D eigenvalue weighted by molar-refractivity contribution is -0.140. The van der Waals surface area contributed by atoms with Crippen molar-refractivity contribution in [2.24, 2.45) is 5.92 Å². The molecule has 0 bridgehead atoms. The third-order valence-corrected chi connectivity index (χ3v) is 8.02. The van der Waals surface area contributed by atoms with E-state index in [0.29, 0.717) is 13.0 Å². The SMILES string of the molecule is CC[C@@H](C(=O)NCC(C)C)N(Cc1cccc(C)c1)C(=O)CN(c1ccc(F)cc1)S(=O)(=O)c1ccccc1. The molecule has 0 heterocycles. The summed E-state index contributed by atoms with van der Waals surface area (Å²) in [5.74, 6) is -1.16. The van der Waals surface area contributed by atoms with Crippen molar-refractivity contribution in [2.75, 3.05) is 17.4 Å². The lowest BCUT2D eigenvalue weighted by Crippen LogP contribution is -2.52. The third kappa shape index (κ3) is 7.89. The minimum absolute atomic E-state index is 0.00548. The van der Waals surface area contributed by atoms with Gasteiger partial charge in [-0.1, -0.05) is 68.8 Å². The Balaban J connectivity index is 2.03. The Morgan fingerprint density at radius 2 is 1.62 bits per heavy atom. The van der Waals surface area contributed by atoms with E-state index in [1.807, 2.05) is 52.0 Å². The van der Waals surface area contributed by atoms with Crippen LogP contribution < -0.4 is 9.62 Å². The molecule has 0 unspecified atom stereocenters. The smallest absolute Gasteiger partial charge is 0.264 e. The molecular formula is C30H36FN3O4S.